The molecule has 21 heavy (non-hydrogen) atoms. The molecule has 0 saturated carbocycles. The molecule has 2 rings (SSSR count). The van der Waals surface area contributed by atoms with E-state index in [2.05, 4.69) is 10.2 Å². The maximum Gasteiger partial charge on any atom is 0.234 e. The Bertz CT molecular complexity index is 375. The topological polar surface area (TPSA) is 61.9 Å². The van der Waals surface area contributed by atoms with E-state index in [1.165, 1.54) is 0 Å². The van der Waals surface area contributed by atoms with Crippen molar-refractivity contribution in [2.75, 3.05) is 39.9 Å². The van der Waals surface area contributed by atoms with Gasteiger partial charge in [-0.1, -0.05) is 0 Å². The third-order valence-electron chi connectivity index (χ3n) is 4.54. The fraction of sp³-hybridized carbons (Fsp3) is 0.867. The van der Waals surface area contributed by atoms with Crippen LogP contribution in [0.3, 0.4) is 0 Å². The lowest BCUT2D eigenvalue weighted by Crippen LogP contribution is -2.50. The van der Waals surface area contributed by atoms with E-state index in [1.807, 2.05) is 4.90 Å². The van der Waals surface area contributed by atoms with Gasteiger partial charge in [-0.3, -0.25) is 14.5 Å². The summed E-state index contributed by atoms with van der Waals surface area (Å²) >= 11 is 0. The number of amides is 2. The molecule has 0 aromatic rings. The zero-order valence-electron chi connectivity index (χ0n) is 13.1. The van der Waals surface area contributed by atoms with Crippen molar-refractivity contribution in [1.29, 1.82) is 0 Å². The van der Waals surface area contributed by atoms with Crippen LogP contribution >= 0.6 is 0 Å². The fourth-order valence-electron chi connectivity index (χ4n) is 3.60. The molecule has 2 atom stereocenters. The molecule has 2 saturated heterocycles. The number of likely N-dealkylation sites (tertiary alicyclic amines) is 2. The molecule has 0 spiro atoms. The van der Waals surface area contributed by atoms with Gasteiger partial charge in [-0.15, -0.1) is 0 Å². The highest BCUT2D eigenvalue weighted by atomic mass is 16.5. The third-order valence-corrected chi connectivity index (χ3v) is 4.54. The van der Waals surface area contributed by atoms with Gasteiger partial charge in [0.15, 0.2) is 0 Å². The Morgan fingerprint density at radius 2 is 1.90 bits per heavy atom. The molecule has 2 amide bonds. The van der Waals surface area contributed by atoms with Gasteiger partial charge in [0, 0.05) is 39.2 Å². The van der Waals surface area contributed by atoms with Gasteiger partial charge in [0.25, 0.3) is 0 Å². The first kappa shape index (κ1) is 16.2. The second kappa shape index (κ2) is 7.75. The summed E-state index contributed by atoms with van der Waals surface area (Å²) in [6, 6.07) is 0.626. The molecule has 6 heteroatoms. The van der Waals surface area contributed by atoms with Gasteiger partial charge in [-0.25, -0.2) is 0 Å². The van der Waals surface area contributed by atoms with E-state index in [4.69, 9.17) is 4.74 Å². The first-order chi connectivity index (χ1) is 10.1. The minimum Gasteiger partial charge on any atom is -0.383 e. The minimum atomic E-state index is 0.0475. The molecule has 2 aliphatic rings. The summed E-state index contributed by atoms with van der Waals surface area (Å²) in [6.07, 6.45) is 4.33. The average Bonchev–Trinajstić information content (AvgIpc) is 3.06. The van der Waals surface area contributed by atoms with Crippen LogP contribution in [0.4, 0.5) is 0 Å². The molecule has 0 aliphatic carbocycles. The second-order valence-corrected chi connectivity index (χ2v) is 5.94. The van der Waals surface area contributed by atoms with Crippen LogP contribution < -0.4 is 5.32 Å². The SMILES string of the molecule is COCCNC(=O)CN1CCCC1C1CCCN1C(C)=O. The summed E-state index contributed by atoms with van der Waals surface area (Å²) in [5.41, 5.74) is 0. The van der Waals surface area contributed by atoms with Crippen molar-refractivity contribution in [1.82, 2.24) is 15.1 Å². The van der Waals surface area contributed by atoms with Crippen molar-refractivity contribution in [3.05, 3.63) is 0 Å². The number of carbonyl (C=O) groups is 2. The van der Waals surface area contributed by atoms with E-state index in [9.17, 15) is 9.59 Å². The molecule has 0 bridgehead atoms. The molecule has 2 aliphatic heterocycles. The molecule has 120 valence electrons. The first-order valence-corrected chi connectivity index (χ1v) is 7.90. The van der Waals surface area contributed by atoms with Crippen molar-refractivity contribution in [3.8, 4) is 0 Å². The average molecular weight is 297 g/mol. The summed E-state index contributed by atoms with van der Waals surface area (Å²) < 4.78 is 4.93. The van der Waals surface area contributed by atoms with Crippen molar-refractivity contribution in [2.45, 2.75) is 44.7 Å². The third kappa shape index (κ3) is 4.17. The molecule has 0 radical (unpaired) electrons. The van der Waals surface area contributed by atoms with Crippen LogP contribution in [0.1, 0.15) is 32.6 Å². The Balaban J connectivity index is 1.88. The van der Waals surface area contributed by atoms with E-state index < -0.39 is 0 Å². The summed E-state index contributed by atoms with van der Waals surface area (Å²) in [7, 11) is 1.62. The van der Waals surface area contributed by atoms with E-state index in [0.29, 0.717) is 25.7 Å². The monoisotopic (exact) mass is 297 g/mol. The van der Waals surface area contributed by atoms with E-state index in [-0.39, 0.29) is 17.9 Å². The molecule has 0 aromatic heterocycles. The standard InChI is InChI=1S/C15H27N3O3/c1-12(19)18-9-4-6-14(18)13-5-3-8-17(13)11-15(20)16-7-10-21-2/h13-14H,3-11H2,1-2H3,(H,16,20). The predicted molar refractivity (Wildman–Crippen MR) is 79.9 cm³/mol. The lowest BCUT2D eigenvalue weighted by Gasteiger charge is -2.34. The first-order valence-electron chi connectivity index (χ1n) is 7.90. The molecule has 2 heterocycles. The minimum absolute atomic E-state index is 0.0475. The summed E-state index contributed by atoms with van der Waals surface area (Å²) in [4.78, 5) is 27.9. The van der Waals surface area contributed by atoms with Gasteiger partial charge in [-0.05, 0) is 32.2 Å². The van der Waals surface area contributed by atoms with E-state index in [0.717, 1.165) is 38.8 Å². The zero-order chi connectivity index (χ0) is 15.2. The van der Waals surface area contributed by atoms with Gasteiger partial charge < -0.3 is 15.0 Å². The molecule has 1 N–H and O–H groups in total. The van der Waals surface area contributed by atoms with Crippen LogP contribution in [-0.4, -0.2) is 73.6 Å². The molecule has 2 fully saturated rings. The molecule has 6 nitrogen and oxygen atoms in total. The number of rotatable bonds is 6. The lowest BCUT2D eigenvalue weighted by molar-refractivity contribution is -0.130. The molecular weight excluding hydrogens is 270 g/mol. The van der Waals surface area contributed by atoms with Gasteiger partial charge >= 0.3 is 0 Å². The molecule has 0 aromatic carbocycles. The molecular formula is C15H27N3O3. The van der Waals surface area contributed by atoms with Crippen LogP contribution in [-0.2, 0) is 14.3 Å². The number of ether oxygens (including phenoxy) is 1. The number of carbonyl (C=O) groups excluding carboxylic acids is 2. The number of nitrogens with zero attached hydrogens (tertiary/aromatic N) is 2. The Morgan fingerprint density at radius 3 is 2.62 bits per heavy atom. The number of methoxy groups -OCH3 is 1. The van der Waals surface area contributed by atoms with Crippen LogP contribution in [0.2, 0.25) is 0 Å². The van der Waals surface area contributed by atoms with Crippen LogP contribution in [0.5, 0.6) is 0 Å². The quantitative estimate of drug-likeness (QED) is 0.713. The van der Waals surface area contributed by atoms with Crippen LogP contribution in [0.15, 0.2) is 0 Å². The Morgan fingerprint density at radius 1 is 1.19 bits per heavy atom. The Hall–Kier alpha value is -1.14. The second-order valence-electron chi connectivity index (χ2n) is 5.94. The fourth-order valence-corrected chi connectivity index (χ4v) is 3.60. The van der Waals surface area contributed by atoms with Crippen molar-refractivity contribution >= 4 is 11.8 Å². The van der Waals surface area contributed by atoms with Crippen molar-refractivity contribution < 1.29 is 14.3 Å². The van der Waals surface area contributed by atoms with Gasteiger partial charge in [-0.2, -0.15) is 0 Å². The summed E-state index contributed by atoms with van der Waals surface area (Å²) in [6.45, 7) is 4.98. The number of hydrogen-bond donors (Lipinski definition) is 1. The Labute approximate surface area is 126 Å². The highest BCUT2D eigenvalue weighted by molar-refractivity contribution is 5.78. The van der Waals surface area contributed by atoms with Gasteiger partial charge in [0.2, 0.25) is 11.8 Å². The smallest absolute Gasteiger partial charge is 0.234 e. The Kier molecular flexibility index (Phi) is 5.99. The van der Waals surface area contributed by atoms with Crippen molar-refractivity contribution in [3.63, 3.8) is 0 Å². The maximum absolute atomic E-state index is 12.0. The zero-order valence-corrected chi connectivity index (χ0v) is 13.1. The van der Waals surface area contributed by atoms with Gasteiger partial charge in [0.05, 0.1) is 13.2 Å². The molecule has 2 unspecified atom stereocenters. The van der Waals surface area contributed by atoms with Gasteiger partial charge in [0.1, 0.15) is 0 Å². The maximum atomic E-state index is 12.0. The predicted octanol–water partition coefficient (Wildman–Crippen LogP) is 0.224. The summed E-state index contributed by atoms with van der Waals surface area (Å²) in [5, 5.41) is 2.87. The summed E-state index contributed by atoms with van der Waals surface area (Å²) in [5.74, 6) is 0.209. The highest BCUT2D eigenvalue weighted by Crippen LogP contribution is 2.29. The lowest BCUT2D eigenvalue weighted by atomic mass is 10.0. The number of nitrogens with one attached hydrogen (secondary N) is 1. The van der Waals surface area contributed by atoms with Crippen molar-refractivity contribution in [2.24, 2.45) is 0 Å². The number of hydrogen-bond acceptors (Lipinski definition) is 4. The normalized spacial score (nSPS) is 26.3. The van der Waals surface area contributed by atoms with E-state index >= 15 is 0 Å². The van der Waals surface area contributed by atoms with E-state index in [1.54, 1.807) is 14.0 Å². The highest BCUT2D eigenvalue weighted by Gasteiger charge is 2.39. The largest absolute Gasteiger partial charge is 0.383 e. The van der Waals surface area contributed by atoms with Crippen LogP contribution in [0.25, 0.3) is 0 Å². The van der Waals surface area contributed by atoms with Crippen LogP contribution in [0, 0.1) is 0 Å².